The van der Waals surface area contributed by atoms with Crippen molar-refractivity contribution in [2.75, 3.05) is 6.61 Å². The number of benzene rings is 1. The summed E-state index contributed by atoms with van der Waals surface area (Å²) >= 11 is 0. The fourth-order valence-corrected chi connectivity index (χ4v) is 3.07. The molecule has 0 fully saturated rings. The predicted octanol–water partition coefficient (Wildman–Crippen LogP) is -3.68. The molecule has 204 valence electrons. The summed E-state index contributed by atoms with van der Waals surface area (Å²) < 4.78 is 0. The van der Waals surface area contributed by atoms with E-state index in [1.165, 1.54) is 24.3 Å². The standard InChI is InChI=1S/C22H32N6O9/c23-13(5-7-17(24)31)19(33)26-14(6-8-18(25)32)20(34)28-16(10-29)21(35)27-15(22(36)37)9-11-1-3-12(30)4-2-11/h1-4,13-16,29-30H,5-10,23H2,(H2,24,31)(H2,25,32)(H,26,33)(H,27,35)(H,28,34)(H,36,37). The summed E-state index contributed by atoms with van der Waals surface area (Å²) in [6, 6.07) is -0.0351. The number of carboxylic acids is 1. The van der Waals surface area contributed by atoms with Crippen LogP contribution in [0, 0.1) is 0 Å². The molecule has 1 aromatic rings. The Hall–Kier alpha value is -4.24. The maximum atomic E-state index is 12.8. The first-order valence-electron chi connectivity index (χ1n) is 11.2. The minimum Gasteiger partial charge on any atom is -0.508 e. The maximum absolute atomic E-state index is 12.8. The van der Waals surface area contributed by atoms with Crippen molar-refractivity contribution in [3.05, 3.63) is 29.8 Å². The summed E-state index contributed by atoms with van der Waals surface area (Å²) in [5.74, 6) is -5.73. The number of primary amides is 2. The molecular weight excluding hydrogens is 492 g/mol. The Morgan fingerprint density at radius 3 is 1.76 bits per heavy atom. The smallest absolute Gasteiger partial charge is 0.326 e. The number of hydrogen-bond acceptors (Lipinski definition) is 9. The number of aliphatic hydroxyl groups excluding tert-OH is 1. The molecule has 4 atom stereocenters. The van der Waals surface area contributed by atoms with Gasteiger partial charge in [-0.15, -0.1) is 0 Å². The molecule has 0 bridgehead atoms. The molecule has 0 aliphatic heterocycles. The molecule has 0 aliphatic rings. The van der Waals surface area contributed by atoms with Gasteiger partial charge in [0.05, 0.1) is 12.6 Å². The third kappa shape index (κ3) is 11.4. The van der Waals surface area contributed by atoms with E-state index in [1.54, 1.807) is 0 Å². The van der Waals surface area contributed by atoms with Crippen molar-refractivity contribution in [3.8, 4) is 5.75 Å². The van der Waals surface area contributed by atoms with Crippen LogP contribution in [0.3, 0.4) is 0 Å². The fraction of sp³-hybridized carbons (Fsp3) is 0.455. The molecule has 0 spiro atoms. The maximum Gasteiger partial charge on any atom is 0.326 e. The Bertz CT molecular complexity index is 985. The molecular formula is C22H32N6O9. The first kappa shape index (κ1) is 30.8. The molecule has 0 saturated carbocycles. The molecule has 12 N–H and O–H groups in total. The first-order chi connectivity index (χ1) is 17.3. The van der Waals surface area contributed by atoms with E-state index >= 15 is 0 Å². The molecule has 0 aromatic heterocycles. The minimum absolute atomic E-state index is 0.0328. The summed E-state index contributed by atoms with van der Waals surface area (Å²) in [4.78, 5) is 71.4. The molecule has 15 nitrogen and oxygen atoms in total. The molecule has 1 rings (SSSR count). The Balaban J connectivity index is 2.89. The van der Waals surface area contributed by atoms with Gasteiger partial charge < -0.3 is 48.5 Å². The average Bonchev–Trinajstić information content (AvgIpc) is 2.83. The van der Waals surface area contributed by atoms with Gasteiger partial charge in [-0.25, -0.2) is 4.79 Å². The number of aliphatic carboxylic acids is 1. The van der Waals surface area contributed by atoms with Gasteiger partial charge >= 0.3 is 5.97 Å². The molecule has 0 saturated heterocycles. The fourth-order valence-electron chi connectivity index (χ4n) is 3.07. The van der Waals surface area contributed by atoms with Gasteiger partial charge in [-0.2, -0.15) is 0 Å². The van der Waals surface area contributed by atoms with E-state index in [0.717, 1.165) is 0 Å². The molecule has 0 heterocycles. The summed E-state index contributed by atoms with van der Waals surface area (Å²) in [5.41, 5.74) is 16.3. The summed E-state index contributed by atoms with van der Waals surface area (Å²) in [5, 5.41) is 35.1. The van der Waals surface area contributed by atoms with Gasteiger partial charge in [-0.1, -0.05) is 12.1 Å². The Morgan fingerprint density at radius 1 is 0.757 bits per heavy atom. The van der Waals surface area contributed by atoms with Gasteiger partial charge in [-0.3, -0.25) is 24.0 Å². The third-order valence-electron chi connectivity index (χ3n) is 5.16. The zero-order valence-electron chi connectivity index (χ0n) is 19.9. The Labute approximate surface area is 211 Å². The second-order valence-electron chi connectivity index (χ2n) is 8.19. The second kappa shape index (κ2) is 15.0. The highest BCUT2D eigenvalue weighted by molar-refractivity contribution is 5.94. The van der Waals surface area contributed by atoms with E-state index in [2.05, 4.69) is 16.0 Å². The zero-order valence-corrected chi connectivity index (χ0v) is 19.9. The number of aliphatic hydroxyl groups is 1. The number of hydrogen-bond donors (Lipinski definition) is 9. The lowest BCUT2D eigenvalue weighted by molar-refractivity contribution is -0.142. The number of aromatic hydroxyl groups is 1. The van der Waals surface area contributed by atoms with Crippen molar-refractivity contribution in [3.63, 3.8) is 0 Å². The van der Waals surface area contributed by atoms with E-state index in [4.69, 9.17) is 17.2 Å². The lowest BCUT2D eigenvalue weighted by Gasteiger charge is -2.24. The van der Waals surface area contributed by atoms with Crippen LogP contribution in [0.5, 0.6) is 5.75 Å². The largest absolute Gasteiger partial charge is 0.508 e. The van der Waals surface area contributed by atoms with Gasteiger partial charge in [0.15, 0.2) is 0 Å². The van der Waals surface area contributed by atoms with Gasteiger partial charge in [0.2, 0.25) is 29.5 Å². The number of carbonyl (C=O) groups excluding carboxylic acids is 5. The van der Waals surface area contributed by atoms with Gasteiger partial charge in [0, 0.05) is 19.3 Å². The van der Waals surface area contributed by atoms with Crippen LogP contribution < -0.4 is 33.2 Å². The highest BCUT2D eigenvalue weighted by Gasteiger charge is 2.30. The van der Waals surface area contributed by atoms with Gasteiger partial charge in [0.25, 0.3) is 0 Å². The average molecular weight is 525 g/mol. The van der Waals surface area contributed by atoms with Crippen LogP contribution in [0.4, 0.5) is 0 Å². The molecule has 37 heavy (non-hydrogen) atoms. The highest BCUT2D eigenvalue weighted by Crippen LogP contribution is 2.11. The lowest BCUT2D eigenvalue weighted by Crippen LogP contribution is -2.58. The van der Waals surface area contributed by atoms with E-state index in [9.17, 15) is 44.1 Å². The van der Waals surface area contributed by atoms with Crippen LogP contribution in [0.25, 0.3) is 0 Å². The van der Waals surface area contributed by atoms with Crippen molar-refractivity contribution in [1.82, 2.24) is 16.0 Å². The minimum atomic E-state index is -1.61. The number of nitrogens with two attached hydrogens (primary N) is 3. The topological polar surface area (TPSA) is 277 Å². The van der Waals surface area contributed by atoms with E-state index in [0.29, 0.717) is 5.56 Å². The number of carboxylic acid groups (broad SMARTS) is 1. The number of amides is 5. The normalized spacial score (nSPS) is 13.9. The van der Waals surface area contributed by atoms with Crippen molar-refractivity contribution >= 4 is 35.5 Å². The Morgan fingerprint density at radius 2 is 1.24 bits per heavy atom. The molecule has 4 unspecified atom stereocenters. The number of phenolic OH excluding ortho intramolecular Hbond substituents is 1. The summed E-state index contributed by atoms with van der Waals surface area (Å²) in [7, 11) is 0. The molecule has 0 aliphatic carbocycles. The van der Waals surface area contributed by atoms with Crippen LogP contribution in [-0.2, 0) is 35.2 Å². The van der Waals surface area contributed by atoms with E-state index < -0.39 is 66.3 Å². The lowest BCUT2D eigenvalue weighted by atomic mass is 10.0. The van der Waals surface area contributed by atoms with Crippen LogP contribution >= 0.6 is 0 Å². The number of phenols is 1. The molecule has 0 radical (unpaired) electrons. The van der Waals surface area contributed by atoms with Crippen LogP contribution in [0.15, 0.2) is 24.3 Å². The van der Waals surface area contributed by atoms with Crippen molar-refractivity contribution in [1.29, 1.82) is 0 Å². The van der Waals surface area contributed by atoms with Crippen LogP contribution in [0.2, 0.25) is 0 Å². The quantitative estimate of drug-likeness (QED) is 0.102. The predicted molar refractivity (Wildman–Crippen MR) is 127 cm³/mol. The second-order valence-corrected chi connectivity index (χ2v) is 8.19. The zero-order chi connectivity index (χ0) is 28.1. The molecule has 1 aromatic carbocycles. The van der Waals surface area contributed by atoms with Crippen molar-refractivity contribution in [2.24, 2.45) is 17.2 Å². The monoisotopic (exact) mass is 524 g/mol. The molecule has 5 amide bonds. The van der Waals surface area contributed by atoms with E-state index in [1.807, 2.05) is 0 Å². The van der Waals surface area contributed by atoms with Gasteiger partial charge in [0.1, 0.15) is 23.9 Å². The van der Waals surface area contributed by atoms with Gasteiger partial charge in [-0.05, 0) is 30.5 Å². The van der Waals surface area contributed by atoms with Crippen LogP contribution in [-0.4, -0.2) is 81.6 Å². The summed E-state index contributed by atoms with van der Waals surface area (Å²) in [6.07, 6.45) is -1.04. The first-order valence-corrected chi connectivity index (χ1v) is 11.2. The SMILES string of the molecule is NC(=O)CCC(N)C(=O)NC(CCC(N)=O)C(=O)NC(CO)C(=O)NC(Cc1ccc(O)cc1)C(=O)O. The highest BCUT2D eigenvalue weighted by atomic mass is 16.4. The number of rotatable bonds is 16. The van der Waals surface area contributed by atoms with E-state index in [-0.39, 0.29) is 37.9 Å². The van der Waals surface area contributed by atoms with Crippen molar-refractivity contribution < 1.29 is 44.1 Å². The number of carbonyl (C=O) groups is 6. The van der Waals surface area contributed by atoms with Crippen LogP contribution in [0.1, 0.15) is 31.2 Å². The Kier molecular flexibility index (Phi) is 12.5. The molecule has 15 heteroatoms. The summed E-state index contributed by atoms with van der Waals surface area (Å²) in [6.45, 7) is -0.919. The third-order valence-corrected chi connectivity index (χ3v) is 5.16. The number of nitrogens with one attached hydrogen (secondary N) is 3. The van der Waals surface area contributed by atoms with Crippen molar-refractivity contribution in [2.45, 2.75) is 56.3 Å².